The van der Waals surface area contributed by atoms with Crippen molar-refractivity contribution in [3.8, 4) is 11.5 Å². The van der Waals surface area contributed by atoms with Gasteiger partial charge >= 0.3 is 0 Å². The summed E-state index contributed by atoms with van der Waals surface area (Å²) < 4.78 is 11.1. The quantitative estimate of drug-likeness (QED) is 0.814. The van der Waals surface area contributed by atoms with E-state index in [1.54, 1.807) is 26.2 Å². The molecule has 0 aliphatic carbocycles. The summed E-state index contributed by atoms with van der Waals surface area (Å²) >= 11 is 0. The van der Waals surface area contributed by atoms with E-state index in [0.717, 1.165) is 37.6 Å². The summed E-state index contributed by atoms with van der Waals surface area (Å²) in [6.07, 6.45) is 0.760. The molecule has 1 aromatic heterocycles. The van der Waals surface area contributed by atoms with Gasteiger partial charge in [0.2, 0.25) is 0 Å². The Labute approximate surface area is 165 Å². The molecular formula is C20H27N5O3. The Balaban J connectivity index is 1.63. The van der Waals surface area contributed by atoms with Gasteiger partial charge in [-0.15, -0.1) is 0 Å². The zero-order valence-corrected chi connectivity index (χ0v) is 16.8. The molecule has 1 aromatic carbocycles. The van der Waals surface area contributed by atoms with E-state index < -0.39 is 6.10 Å². The minimum Gasteiger partial charge on any atom is -0.493 e. The van der Waals surface area contributed by atoms with Crippen LogP contribution >= 0.6 is 0 Å². The van der Waals surface area contributed by atoms with E-state index in [9.17, 15) is 4.79 Å². The number of ether oxygens (including phenoxy) is 2. The minimum atomic E-state index is -0.710. The van der Waals surface area contributed by atoms with E-state index in [-0.39, 0.29) is 5.91 Å². The van der Waals surface area contributed by atoms with Gasteiger partial charge in [-0.2, -0.15) is 0 Å². The average molecular weight is 385 g/mol. The Kier molecular flexibility index (Phi) is 6.30. The van der Waals surface area contributed by atoms with Gasteiger partial charge in [0.05, 0.1) is 7.11 Å². The van der Waals surface area contributed by atoms with Gasteiger partial charge in [-0.3, -0.25) is 4.79 Å². The molecule has 1 fully saturated rings. The van der Waals surface area contributed by atoms with Crippen LogP contribution in [-0.4, -0.2) is 67.2 Å². The lowest BCUT2D eigenvalue weighted by molar-refractivity contribution is -0.122. The van der Waals surface area contributed by atoms with Gasteiger partial charge in [-0.1, -0.05) is 6.07 Å². The monoisotopic (exact) mass is 385 g/mol. The fourth-order valence-corrected chi connectivity index (χ4v) is 2.97. The van der Waals surface area contributed by atoms with Crippen molar-refractivity contribution in [1.82, 2.24) is 14.9 Å². The van der Waals surface area contributed by atoms with Crippen molar-refractivity contribution in [3.05, 3.63) is 36.2 Å². The van der Waals surface area contributed by atoms with Crippen LogP contribution in [0.3, 0.4) is 0 Å². The molecule has 0 bridgehead atoms. The molecule has 2 heterocycles. The van der Waals surface area contributed by atoms with Gasteiger partial charge in [0, 0.05) is 32.2 Å². The molecule has 1 aliphatic rings. The third-order valence-electron chi connectivity index (χ3n) is 4.72. The van der Waals surface area contributed by atoms with Crippen LogP contribution in [0.1, 0.15) is 12.5 Å². The molecule has 1 unspecified atom stereocenters. The molecule has 0 spiro atoms. The summed E-state index contributed by atoms with van der Waals surface area (Å²) in [5.74, 6) is 2.11. The SMILES string of the molecule is COc1cc(C)ccc1OC(C)C(=O)Nc1cc(N2CCN(C)CC2)ncn1. The third kappa shape index (κ3) is 4.89. The molecule has 8 nitrogen and oxygen atoms in total. The third-order valence-corrected chi connectivity index (χ3v) is 4.72. The largest absolute Gasteiger partial charge is 0.493 e. The normalized spacial score (nSPS) is 15.8. The van der Waals surface area contributed by atoms with Crippen LogP contribution in [0.2, 0.25) is 0 Å². The molecule has 2 aromatic rings. The number of methoxy groups -OCH3 is 1. The summed E-state index contributed by atoms with van der Waals surface area (Å²) in [6, 6.07) is 7.37. The van der Waals surface area contributed by atoms with Gasteiger partial charge in [0.25, 0.3) is 5.91 Å². The van der Waals surface area contributed by atoms with Gasteiger partial charge < -0.3 is 24.6 Å². The van der Waals surface area contributed by atoms with E-state index >= 15 is 0 Å². The average Bonchev–Trinajstić information content (AvgIpc) is 2.70. The van der Waals surface area contributed by atoms with Crippen molar-refractivity contribution in [3.63, 3.8) is 0 Å². The fourth-order valence-electron chi connectivity index (χ4n) is 2.97. The molecule has 3 rings (SSSR count). The lowest BCUT2D eigenvalue weighted by Crippen LogP contribution is -2.44. The Morgan fingerprint density at radius 3 is 2.61 bits per heavy atom. The second kappa shape index (κ2) is 8.88. The van der Waals surface area contributed by atoms with Crippen LogP contribution in [0.15, 0.2) is 30.6 Å². The van der Waals surface area contributed by atoms with Gasteiger partial charge in [0.15, 0.2) is 17.6 Å². The van der Waals surface area contributed by atoms with Gasteiger partial charge in [-0.25, -0.2) is 9.97 Å². The van der Waals surface area contributed by atoms with Crippen LogP contribution < -0.4 is 19.7 Å². The standard InChI is InChI=1S/C20H27N5O3/c1-14-5-6-16(17(11-14)27-4)28-15(2)20(26)23-18-12-19(22-13-21-18)25-9-7-24(3)8-10-25/h5-6,11-13,15H,7-10H2,1-4H3,(H,21,22,23,26). The lowest BCUT2D eigenvalue weighted by atomic mass is 10.2. The first-order valence-corrected chi connectivity index (χ1v) is 9.34. The number of hydrogen-bond acceptors (Lipinski definition) is 7. The van der Waals surface area contributed by atoms with Crippen LogP contribution in [0.25, 0.3) is 0 Å². The number of benzene rings is 1. The first-order chi connectivity index (χ1) is 13.5. The minimum absolute atomic E-state index is 0.286. The second-order valence-electron chi connectivity index (χ2n) is 6.96. The van der Waals surface area contributed by atoms with Crippen molar-refractivity contribution < 1.29 is 14.3 Å². The van der Waals surface area contributed by atoms with E-state index in [4.69, 9.17) is 9.47 Å². The number of likely N-dealkylation sites (N-methyl/N-ethyl adjacent to an activating group) is 1. The highest BCUT2D eigenvalue weighted by atomic mass is 16.5. The van der Waals surface area contributed by atoms with E-state index in [0.29, 0.717) is 17.3 Å². The smallest absolute Gasteiger partial charge is 0.266 e. The van der Waals surface area contributed by atoms with Crippen molar-refractivity contribution in [2.24, 2.45) is 0 Å². The molecule has 1 saturated heterocycles. The molecule has 150 valence electrons. The zero-order chi connectivity index (χ0) is 20.1. The van der Waals surface area contributed by atoms with Crippen LogP contribution in [0.5, 0.6) is 11.5 Å². The topological polar surface area (TPSA) is 79.8 Å². The molecule has 0 radical (unpaired) electrons. The maximum absolute atomic E-state index is 12.6. The molecule has 0 saturated carbocycles. The highest BCUT2D eigenvalue weighted by Crippen LogP contribution is 2.28. The van der Waals surface area contributed by atoms with E-state index in [1.165, 1.54) is 6.33 Å². The number of nitrogens with zero attached hydrogens (tertiary/aromatic N) is 4. The number of nitrogens with one attached hydrogen (secondary N) is 1. The summed E-state index contributed by atoms with van der Waals surface area (Å²) in [5, 5.41) is 2.81. The summed E-state index contributed by atoms with van der Waals surface area (Å²) in [4.78, 5) is 25.5. The highest BCUT2D eigenvalue weighted by molar-refractivity contribution is 5.93. The summed E-state index contributed by atoms with van der Waals surface area (Å²) in [6.45, 7) is 7.41. The molecule has 28 heavy (non-hydrogen) atoms. The first kappa shape index (κ1) is 19.9. The van der Waals surface area contributed by atoms with Crippen molar-refractivity contribution in [1.29, 1.82) is 0 Å². The highest BCUT2D eigenvalue weighted by Gasteiger charge is 2.19. The number of amides is 1. The number of anilines is 2. The number of carbonyl (C=O) groups excluding carboxylic acids is 1. The molecule has 1 N–H and O–H groups in total. The molecule has 1 atom stereocenters. The summed E-state index contributed by atoms with van der Waals surface area (Å²) in [7, 11) is 3.68. The number of aryl methyl sites for hydroxylation is 1. The summed E-state index contributed by atoms with van der Waals surface area (Å²) in [5.41, 5.74) is 1.05. The molecule has 1 aliphatic heterocycles. The number of rotatable bonds is 6. The first-order valence-electron chi connectivity index (χ1n) is 9.34. The Hall–Kier alpha value is -2.87. The van der Waals surface area contributed by atoms with Crippen molar-refractivity contribution >= 4 is 17.5 Å². The molecule has 1 amide bonds. The number of carbonyl (C=O) groups is 1. The predicted octanol–water partition coefficient (Wildman–Crippen LogP) is 1.95. The van der Waals surface area contributed by atoms with Crippen molar-refractivity contribution in [2.45, 2.75) is 20.0 Å². The van der Waals surface area contributed by atoms with Gasteiger partial charge in [0.1, 0.15) is 18.0 Å². The van der Waals surface area contributed by atoms with Crippen LogP contribution in [0.4, 0.5) is 11.6 Å². The Morgan fingerprint density at radius 2 is 1.89 bits per heavy atom. The Morgan fingerprint density at radius 1 is 1.14 bits per heavy atom. The maximum atomic E-state index is 12.6. The van der Waals surface area contributed by atoms with E-state index in [1.807, 2.05) is 19.1 Å². The second-order valence-corrected chi connectivity index (χ2v) is 6.96. The molecular weight excluding hydrogens is 358 g/mol. The Bertz CT molecular complexity index is 821. The number of piperazine rings is 1. The van der Waals surface area contributed by atoms with E-state index in [2.05, 4.69) is 32.1 Å². The maximum Gasteiger partial charge on any atom is 0.266 e. The number of aromatic nitrogens is 2. The number of hydrogen-bond donors (Lipinski definition) is 1. The van der Waals surface area contributed by atoms with Gasteiger partial charge in [-0.05, 0) is 38.6 Å². The van der Waals surface area contributed by atoms with Crippen LogP contribution in [-0.2, 0) is 4.79 Å². The molecule has 8 heteroatoms. The zero-order valence-electron chi connectivity index (χ0n) is 16.8. The lowest BCUT2D eigenvalue weighted by Gasteiger charge is -2.33. The van der Waals surface area contributed by atoms with Crippen molar-refractivity contribution in [2.75, 3.05) is 50.6 Å². The van der Waals surface area contributed by atoms with Crippen LogP contribution in [0, 0.1) is 6.92 Å². The fraction of sp³-hybridized carbons (Fsp3) is 0.450. The predicted molar refractivity (Wildman–Crippen MR) is 108 cm³/mol.